The molecule has 3 aliphatic carbocycles. The van der Waals surface area contributed by atoms with Crippen molar-refractivity contribution < 1.29 is 35.1 Å². The zero-order valence-corrected chi connectivity index (χ0v) is 15.7. The van der Waals surface area contributed by atoms with Crippen LogP contribution in [0.4, 0.5) is 0 Å². The summed E-state index contributed by atoms with van der Waals surface area (Å²) in [7, 11) is 0. The number of fused-ring (bicyclic) bond motifs is 1. The number of hydrogen-bond donors (Lipinski definition) is 5. The highest BCUT2D eigenvalue weighted by Gasteiger charge is 2.93. The van der Waals surface area contributed by atoms with Gasteiger partial charge in [0.25, 0.3) is 5.79 Å². The predicted octanol–water partition coefficient (Wildman–Crippen LogP) is 0.507. The highest BCUT2D eigenvalue weighted by molar-refractivity contribution is 6.32. The number of ether oxygens (including phenoxy) is 1. The molecule has 5 N–H and O–H groups in total. The molecule has 2 spiro atoms. The van der Waals surface area contributed by atoms with Crippen molar-refractivity contribution in [2.45, 2.75) is 37.4 Å². The van der Waals surface area contributed by atoms with Gasteiger partial charge in [0.2, 0.25) is 5.88 Å². The van der Waals surface area contributed by atoms with E-state index in [4.69, 9.17) is 21.4 Å². The van der Waals surface area contributed by atoms with E-state index in [0.717, 1.165) is 25.7 Å². The second kappa shape index (κ2) is 5.46. The maximum Gasteiger partial charge on any atom is 0.380 e. The summed E-state index contributed by atoms with van der Waals surface area (Å²) in [6, 6.07) is 3.88. The summed E-state index contributed by atoms with van der Waals surface area (Å²) in [5.41, 5.74) is -0.619. The standard InChI is InChI=1S/C18H18ClN3O7/c19-12-9(13(23)24)1-2-10(20-12)22-8-3-11(21-22)29-18(27,28)17(25,26)14-15(4-5-15)16(14)6-7-16/h1-3,8,14,25-28H,4-7H2,(H,23,24). The van der Waals surface area contributed by atoms with E-state index < -0.39 is 23.6 Å². The van der Waals surface area contributed by atoms with Gasteiger partial charge in [-0.2, -0.15) is 0 Å². The zero-order valence-electron chi connectivity index (χ0n) is 15.0. The van der Waals surface area contributed by atoms with Crippen LogP contribution >= 0.6 is 11.6 Å². The van der Waals surface area contributed by atoms with Gasteiger partial charge in [0.15, 0.2) is 5.82 Å². The van der Waals surface area contributed by atoms with E-state index in [0.29, 0.717) is 0 Å². The van der Waals surface area contributed by atoms with Gasteiger partial charge in [-0.25, -0.2) is 14.5 Å². The molecule has 0 bridgehead atoms. The van der Waals surface area contributed by atoms with Crippen LogP contribution < -0.4 is 4.74 Å². The van der Waals surface area contributed by atoms with Crippen LogP contribution in [-0.4, -0.2) is 58.0 Å². The number of carboxylic acids is 1. The van der Waals surface area contributed by atoms with Crippen LogP contribution in [0.25, 0.3) is 5.82 Å². The van der Waals surface area contributed by atoms with Crippen molar-refractivity contribution in [2.75, 3.05) is 0 Å². The second-order valence-corrected chi connectivity index (χ2v) is 8.45. The first-order valence-corrected chi connectivity index (χ1v) is 9.46. The van der Waals surface area contributed by atoms with Gasteiger partial charge < -0.3 is 30.3 Å². The Hall–Kier alpha value is -2.24. The Morgan fingerprint density at radius 3 is 2.28 bits per heavy atom. The number of carbonyl (C=O) groups is 1. The van der Waals surface area contributed by atoms with Gasteiger partial charge in [-0.05, 0) is 48.6 Å². The third-order valence-electron chi connectivity index (χ3n) is 6.58. The van der Waals surface area contributed by atoms with Crippen LogP contribution in [0.3, 0.4) is 0 Å². The van der Waals surface area contributed by atoms with Crippen molar-refractivity contribution in [3.8, 4) is 11.7 Å². The number of hydrogen-bond acceptors (Lipinski definition) is 8. The molecule has 0 saturated heterocycles. The molecule has 29 heavy (non-hydrogen) atoms. The van der Waals surface area contributed by atoms with Gasteiger partial charge >= 0.3 is 11.9 Å². The predicted molar refractivity (Wildman–Crippen MR) is 95.1 cm³/mol. The minimum Gasteiger partial charge on any atom is -0.478 e. The molecule has 3 aliphatic rings. The molecule has 3 fully saturated rings. The van der Waals surface area contributed by atoms with Crippen molar-refractivity contribution in [1.82, 2.24) is 14.8 Å². The summed E-state index contributed by atoms with van der Waals surface area (Å²) >= 11 is 5.84. The van der Waals surface area contributed by atoms with Gasteiger partial charge in [-0.15, -0.1) is 5.10 Å². The Kier molecular flexibility index (Phi) is 3.54. The van der Waals surface area contributed by atoms with Crippen molar-refractivity contribution in [3.05, 3.63) is 35.1 Å². The van der Waals surface area contributed by atoms with E-state index in [1.54, 1.807) is 0 Å². The number of rotatable bonds is 6. The quantitative estimate of drug-likeness (QED) is 0.329. The minimum atomic E-state index is -3.27. The molecular formula is C18H18ClN3O7. The first-order chi connectivity index (χ1) is 13.5. The maximum absolute atomic E-state index is 11.0. The van der Waals surface area contributed by atoms with Crippen LogP contribution in [-0.2, 0) is 0 Å². The van der Waals surface area contributed by atoms with E-state index in [-0.39, 0.29) is 33.2 Å². The smallest absolute Gasteiger partial charge is 0.380 e. The number of pyridine rings is 1. The molecule has 0 amide bonds. The summed E-state index contributed by atoms with van der Waals surface area (Å²) in [5, 5.41) is 54.5. The third kappa shape index (κ3) is 2.47. The lowest BCUT2D eigenvalue weighted by molar-refractivity contribution is -0.442. The Labute approximate surface area is 168 Å². The largest absolute Gasteiger partial charge is 0.478 e. The molecular weight excluding hydrogens is 406 g/mol. The van der Waals surface area contributed by atoms with E-state index in [2.05, 4.69) is 10.1 Å². The van der Waals surface area contributed by atoms with Gasteiger partial charge in [0.1, 0.15) is 5.15 Å². The summed E-state index contributed by atoms with van der Waals surface area (Å²) in [5.74, 6) is -8.15. The van der Waals surface area contributed by atoms with E-state index in [1.807, 2.05) is 0 Å². The molecule has 11 heteroatoms. The van der Waals surface area contributed by atoms with E-state index in [9.17, 15) is 25.2 Å². The van der Waals surface area contributed by atoms with Gasteiger partial charge in [0, 0.05) is 18.2 Å². The number of carboxylic acid groups (broad SMARTS) is 1. The molecule has 3 saturated carbocycles. The van der Waals surface area contributed by atoms with Crippen molar-refractivity contribution in [3.63, 3.8) is 0 Å². The molecule has 0 aromatic carbocycles. The van der Waals surface area contributed by atoms with Crippen molar-refractivity contribution in [1.29, 1.82) is 0 Å². The second-order valence-electron chi connectivity index (χ2n) is 8.09. The Morgan fingerprint density at radius 1 is 1.14 bits per heavy atom. The number of aromatic carboxylic acids is 1. The average molecular weight is 424 g/mol. The normalized spacial score (nSPS) is 21.4. The lowest BCUT2D eigenvalue weighted by Crippen LogP contribution is -2.60. The fourth-order valence-corrected chi connectivity index (χ4v) is 5.19. The molecule has 5 rings (SSSR count). The average Bonchev–Trinajstić information content (AvgIpc) is 3.58. The summed E-state index contributed by atoms with van der Waals surface area (Å²) < 4.78 is 6.20. The molecule has 10 nitrogen and oxygen atoms in total. The summed E-state index contributed by atoms with van der Waals surface area (Å²) in [4.78, 5) is 14.9. The fraction of sp³-hybridized carbons (Fsp3) is 0.500. The lowest BCUT2D eigenvalue weighted by Gasteiger charge is -2.34. The van der Waals surface area contributed by atoms with Crippen LogP contribution in [0.15, 0.2) is 24.4 Å². The molecule has 0 atom stereocenters. The lowest BCUT2D eigenvalue weighted by atomic mass is 10.1. The first kappa shape index (κ1) is 18.8. The van der Waals surface area contributed by atoms with E-state index >= 15 is 0 Å². The van der Waals surface area contributed by atoms with Crippen molar-refractivity contribution >= 4 is 17.6 Å². The summed E-state index contributed by atoms with van der Waals surface area (Å²) in [6.45, 7) is 0. The maximum atomic E-state index is 11.0. The summed E-state index contributed by atoms with van der Waals surface area (Å²) in [6.07, 6.45) is 4.71. The molecule has 0 aliphatic heterocycles. The molecule has 2 aromatic heterocycles. The number of halogens is 1. The van der Waals surface area contributed by atoms with Crippen molar-refractivity contribution in [2.24, 2.45) is 16.7 Å². The number of nitrogens with zero attached hydrogens (tertiary/aromatic N) is 3. The molecule has 2 heterocycles. The molecule has 0 radical (unpaired) electrons. The minimum absolute atomic E-state index is 0.159. The highest BCUT2D eigenvalue weighted by atomic mass is 35.5. The Bertz CT molecular complexity index is 1010. The van der Waals surface area contributed by atoms with E-state index in [1.165, 1.54) is 29.1 Å². The van der Waals surface area contributed by atoms with Crippen LogP contribution in [0.2, 0.25) is 5.15 Å². The molecule has 2 aromatic rings. The topological polar surface area (TPSA) is 158 Å². The van der Waals surface area contributed by atoms with Gasteiger partial charge in [-0.1, -0.05) is 11.6 Å². The molecule has 154 valence electrons. The highest BCUT2D eigenvalue weighted by Crippen LogP contribution is 2.94. The monoisotopic (exact) mass is 423 g/mol. The fourth-order valence-electron chi connectivity index (χ4n) is 4.96. The van der Waals surface area contributed by atoms with Crippen LogP contribution in [0.5, 0.6) is 5.88 Å². The molecule has 0 unspecified atom stereocenters. The van der Waals surface area contributed by atoms with Crippen LogP contribution in [0.1, 0.15) is 36.0 Å². The number of aromatic nitrogens is 3. The first-order valence-electron chi connectivity index (χ1n) is 9.08. The Balaban J connectivity index is 1.36. The zero-order chi connectivity index (χ0) is 20.8. The Morgan fingerprint density at radius 2 is 1.76 bits per heavy atom. The van der Waals surface area contributed by atoms with Gasteiger partial charge in [0.05, 0.1) is 5.56 Å². The SMILES string of the molecule is O=C(O)c1ccc(-n2ccc(OC(O)(O)C(O)(O)C3C4(CC4)C34CC4)n2)nc1Cl. The van der Waals surface area contributed by atoms with Gasteiger partial charge in [-0.3, -0.25) is 0 Å². The van der Waals surface area contributed by atoms with Crippen LogP contribution in [0, 0.1) is 16.7 Å². The third-order valence-corrected chi connectivity index (χ3v) is 6.87. The number of aliphatic hydroxyl groups is 4.